The molecule has 3 aliphatic heterocycles. The summed E-state index contributed by atoms with van der Waals surface area (Å²) >= 11 is 1.67. The van der Waals surface area contributed by atoms with Gasteiger partial charge in [-0.15, -0.1) is 11.3 Å². The number of aliphatic hydroxyl groups is 1. The fourth-order valence-corrected chi connectivity index (χ4v) is 6.50. The lowest BCUT2D eigenvalue weighted by Crippen LogP contribution is -2.54. The highest BCUT2D eigenvalue weighted by molar-refractivity contribution is 7.17. The third kappa shape index (κ3) is 4.36. The maximum absolute atomic E-state index is 10.3. The third-order valence-electron chi connectivity index (χ3n) is 7.43. The molecule has 0 saturated carbocycles. The van der Waals surface area contributed by atoms with Crippen LogP contribution >= 0.6 is 11.3 Å². The maximum Gasteiger partial charge on any atom is 0.227 e. The van der Waals surface area contributed by atoms with Crippen LogP contribution in [0.2, 0.25) is 0 Å². The quantitative estimate of drug-likeness (QED) is 0.543. The van der Waals surface area contributed by atoms with Gasteiger partial charge in [0.25, 0.3) is 0 Å². The number of fused-ring (bicyclic) bond motifs is 3. The average Bonchev–Trinajstić information content (AvgIpc) is 3.35. The van der Waals surface area contributed by atoms with E-state index in [0.29, 0.717) is 12.1 Å². The van der Waals surface area contributed by atoms with Crippen LogP contribution in [0.1, 0.15) is 32.3 Å². The molecule has 0 amide bonds. The number of piperazine rings is 1. The molecule has 35 heavy (non-hydrogen) atoms. The molecule has 0 aromatic carbocycles. The van der Waals surface area contributed by atoms with Crippen LogP contribution in [0.25, 0.3) is 21.5 Å². The molecular formula is C24H32N8O2S. The predicted octanol–water partition coefficient (Wildman–Crippen LogP) is 1.94. The topological polar surface area (TPSA) is 117 Å². The molecule has 3 saturated heterocycles. The number of nitrogens with two attached hydrogens (primary N) is 1. The Hall–Kier alpha value is -2.44. The van der Waals surface area contributed by atoms with Gasteiger partial charge in [-0.25, -0.2) is 19.9 Å². The van der Waals surface area contributed by atoms with Gasteiger partial charge in [0.15, 0.2) is 0 Å². The van der Waals surface area contributed by atoms with Gasteiger partial charge in [0.2, 0.25) is 11.9 Å². The Bertz CT molecular complexity index is 1190. The van der Waals surface area contributed by atoms with Gasteiger partial charge in [0, 0.05) is 56.2 Å². The minimum absolute atomic E-state index is 0.252. The van der Waals surface area contributed by atoms with Crippen molar-refractivity contribution in [3.63, 3.8) is 0 Å². The number of aromatic nitrogens is 4. The van der Waals surface area contributed by atoms with Gasteiger partial charge in [0.05, 0.1) is 41.2 Å². The summed E-state index contributed by atoms with van der Waals surface area (Å²) < 4.78 is 6.86. The molecule has 11 heteroatoms. The van der Waals surface area contributed by atoms with Crippen molar-refractivity contribution in [3.05, 3.63) is 23.3 Å². The lowest BCUT2D eigenvalue weighted by Gasteiger charge is -2.41. The second kappa shape index (κ2) is 8.90. The van der Waals surface area contributed by atoms with Crippen LogP contribution in [0.3, 0.4) is 0 Å². The van der Waals surface area contributed by atoms with Crippen LogP contribution < -0.4 is 10.6 Å². The monoisotopic (exact) mass is 496 g/mol. The fourth-order valence-electron chi connectivity index (χ4n) is 5.49. The number of morpholine rings is 1. The molecule has 2 unspecified atom stereocenters. The van der Waals surface area contributed by atoms with Crippen LogP contribution in [-0.4, -0.2) is 92.0 Å². The van der Waals surface area contributed by atoms with E-state index in [1.165, 1.54) is 5.56 Å². The second-order valence-electron chi connectivity index (χ2n) is 10.2. The SMILES string of the molecule is CC(C)(O)N1CCN(Cc2csc3c(-c4cnc(N)nc4)nc(N4C5CCC4COC5)nc23)CC1. The Kier molecular flexibility index (Phi) is 5.84. The first kappa shape index (κ1) is 23.0. The number of anilines is 2. The lowest BCUT2D eigenvalue weighted by molar-refractivity contribution is -0.0968. The first-order valence-corrected chi connectivity index (χ1v) is 13.2. The van der Waals surface area contributed by atoms with E-state index in [4.69, 9.17) is 20.4 Å². The van der Waals surface area contributed by atoms with Crippen molar-refractivity contribution in [1.29, 1.82) is 0 Å². The van der Waals surface area contributed by atoms with Crippen molar-refractivity contribution >= 4 is 33.5 Å². The zero-order valence-corrected chi connectivity index (χ0v) is 21.0. The Balaban J connectivity index is 1.36. The van der Waals surface area contributed by atoms with E-state index in [1.54, 1.807) is 23.7 Å². The summed E-state index contributed by atoms with van der Waals surface area (Å²) in [5.74, 6) is 1.02. The number of hydrogen-bond donors (Lipinski definition) is 2. The standard InChI is InChI=1S/C24H32N8O2S/c1-24(2,33)31-7-5-30(6-8-31)11-16-14-35-21-19(15-9-26-22(25)27-10-15)28-23(29-20(16)21)32-17-3-4-18(32)13-34-12-17/h9-10,14,17-18,33H,3-8,11-13H2,1-2H3,(H2,25,26,27). The number of ether oxygens (including phenoxy) is 1. The highest BCUT2D eigenvalue weighted by atomic mass is 32.1. The molecule has 10 nitrogen and oxygen atoms in total. The predicted molar refractivity (Wildman–Crippen MR) is 136 cm³/mol. The van der Waals surface area contributed by atoms with Crippen molar-refractivity contribution in [2.45, 2.75) is 51.0 Å². The molecule has 6 heterocycles. The van der Waals surface area contributed by atoms with E-state index >= 15 is 0 Å². The minimum atomic E-state index is -0.781. The summed E-state index contributed by atoms with van der Waals surface area (Å²) in [6.45, 7) is 9.48. The molecule has 6 rings (SSSR count). The van der Waals surface area contributed by atoms with E-state index in [9.17, 15) is 5.11 Å². The summed E-state index contributed by atoms with van der Waals surface area (Å²) in [6.07, 6.45) is 5.71. The Morgan fingerprint density at radius 3 is 2.43 bits per heavy atom. The van der Waals surface area contributed by atoms with Gasteiger partial charge in [-0.3, -0.25) is 9.80 Å². The second-order valence-corrected chi connectivity index (χ2v) is 11.1. The molecule has 0 radical (unpaired) electrons. The van der Waals surface area contributed by atoms with Gasteiger partial charge in [-0.2, -0.15) is 0 Å². The molecule has 2 atom stereocenters. The Morgan fingerprint density at radius 1 is 1.09 bits per heavy atom. The highest BCUT2D eigenvalue weighted by Crippen LogP contribution is 2.38. The van der Waals surface area contributed by atoms with Gasteiger partial charge in [-0.05, 0) is 32.1 Å². The first-order valence-electron chi connectivity index (χ1n) is 12.3. The van der Waals surface area contributed by atoms with Crippen molar-refractivity contribution in [1.82, 2.24) is 29.7 Å². The molecule has 0 aliphatic carbocycles. The summed E-state index contributed by atoms with van der Waals surface area (Å²) in [4.78, 5) is 25.6. The number of rotatable bonds is 5. The summed E-state index contributed by atoms with van der Waals surface area (Å²) in [5, 5.41) is 12.6. The third-order valence-corrected chi connectivity index (χ3v) is 8.46. The summed E-state index contributed by atoms with van der Waals surface area (Å²) in [7, 11) is 0. The van der Waals surface area contributed by atoms with Crippen molar-refractivity contribution in [2.24, 2.45) is 0 Å². The molecule has 3 N–H and O–H groups in total. The van der Waals surface area contributed by atoms with E-state index < -0.39 is 5.72 Å². The van der Waals surface area contributed by atoms with Crippen LogP contribution in [-0.2, 0) is 11.3 Å². The summed E-state index contributed by atoms with van der Waals surface area (Å²) in [5.41, 5.74) is 8.90. The Labute approximate surface area is 208 Å². The summed E-state index contributed by atoms with van der Waals surface area (Å²) in [6, 6.07) is 0.637. The Morgan fingerprint density at radius 2 is 1.77 bits per heavy atom. The van der Waals surface area contributed by atoms with Gasteiger partial charge < -0.3 is 20.5 Å². The van der Waals surface area contributed by atoms with Crippen molar-refractivity contribution in [2.75, 3.05) is 50.0 Å². The van der Waals surface area contributed by atoms with Crippen molar-refractivity contribution in [3.8, 4) is 11.3 Å². The molecule has 3 aromatic heterocycles. The number of nitrogen functional groups attached to an aromatic ring is 1. The minimum Gasteiger partial charge on any atom is -0.377 e. The average molecular weight is 497 g/mol. The van der Waals surface area contributed by atoms with E-state index in [0.717, 1.165) is 86.2 Å². The smallest absolute Gasteiger partial charge is 0.227 e. The molecule has 3 aliphatic rings. The number of nitrogens with zero attached hydrogens (tertiary/aromatic N) is 7. The van der Waals surface area contributed by atoms with E-state index in [2.05, 4.69) is 30.0 Å². The van der Waals surface area contributed by atoms with E-state index in [1.807, 2.05) is 13.8 Å². The molecule has 3 aromatic rings. The van der Waals surface area contributed by atoms with Crippen LogP contribution in [0.4, 0.5) is 11.9 Å². The lowest BCUT2D eigenvalue weighted by atomic mass is 10.1. The largest absolute Gasteiger partial charge is 0.377 e. The normalized spacial score (nSPS) is 23.9. The van der Waals surface area contributed by atoms with Crippen LogP contribution in [0, 0.1) is 0 Å². The zero-order valence-electron chi connectivity index (χ0n) is 20.2. The molecule has 186 valence electrons. The van der Waals surface area contributed by atoms with E-state index in [-0.39, 0.29) is 5.95 Å². The molecule has 3 fully saturated rings. The van der Waals surface area contributed by atoms with Crippen LogP contribution in [0.5, 0.6) is 0 Å². The van der Waals surface area contributed by atoms with Crippen molar-refractivity contribution < 1.29 is 9.84 Å². The van der Waals surface area contributed by atoms with Gasteiger partial charge >= 0.3 is 0 Å². The number of thiophene rings is 1. The molecule has 2 bridgehead atoms. The van der Waals surface area contributed by atoms with Gasteiger partial charge in [0.1, 0.15) is 5.72 Å². The zero-order chi connectivity index (χ0) is 24.2. The first-order chi connectivity index (χ1) is 16.9. The highest BCUT2D eigenvalue weighted by Gasteiger charge is 2.39. The fraction of sp³-hybridized carbons (Fsp3) is 0.583. The number of hydrogen-bond acceptors (Lipinski definition) is 11. The van der Waals surface area contributed by atoms with Gasteiger partial charge in [-0.1, -0.05) is 0 Å². The molecular weight excluding hydrogens is 464 g/mol. The molecule has 0 spiro atoms. The van der Waals surface area contributed by atoms with Crippen LogP contribution in [0.15, 0.2) is 17.8 Å². The maximum atomic E-state index is 10.3.